The zero-order valence-electron chi connectivity index (χ0n) is 6.70. The number of hydrogen-bond donors (Lipinski definition) is 1. The minimum absolute atomic E-state index is 0.168. The highest BCUT2D eigenvalue weighted by atomic mass is 35.5. The van der Waals surface area contributed by atoms with E-state index in [0.29, 0.717) is 0 Å². The summed E-state index contributed by atoms with van der Waals surface area (Å²) in [4.78, 5) is 0. The Hall–Kier alpha value is -0.750. The van der Waals surface area contributed by atoms with Crippen molar-refractivity contribution in [1.29, 1.82) is 5.26 Å². The smallest absolute Gasteiger partial charge is 0.148 e. The predicted octanol–water partition coefficient (Wildman–Crippen LogP) is 2.34. The molecule has 1 rings (SSSR count). The van der Waals surface area contributed by atoms with Gasteiger partial charge in [0.2, 0.25) is 0 Å². The molecular formula is C8H11ClN2O. The van der Waals surface area contributed by atoms with Gasteiger partial charge in [-0.3, -0.25) is 0 Å². The molecule has 1 fully saturated rings. The van der Waals surface area contributed by atoms with Gasteiger partial charge in [-0.05, 0) is 25.7 Å². The fraction of sp³-hybridized carbons (Fsp3) is 0.750. The first-order valence-corrected chi connectivity index (χ1v) is 4.42. The molecule has 4 heteroatoms. The van der Waals surface area contributed by atoms with Gasteiger partial charge in [0.05, 0.1) is 6.07 Å². The molecule has 0 radical (unpaired) electrons. The highest BCUT2D eigenvalue weighted by Crippen LogP contribution is 2.29. The van der Waals surface area contributed by atoms with Crippen molar-refractivity contribution in [2.75, 3.05) is 0 Å². The van der Waals surface area contributed by atoms with Crippen LogP contribution in [0, 0.1) is 23.2 Å². The molecule has 1 aliphatic carbocycles. The van der Waals surface area contributed by atoms with E-state index in [-0.39, 0.29) is 17.0 Å². The minimum Gasteiger partial charge on any atom is -0.410 e. The van der Waals surface area contributed by atoms with Crippen LogP contribution in [0.3, 0.4) is 0 Å². The van der Waals surface area contributed by atoms with Crippen molar-refractivity contribution in [3.8, 4) is 6.07 Å². The van der Waals surface area contributed by atoms with Gasteiger partial charge in [0.1, 0.15) is 5.17 Å². The van der Waals surface area contributed by atoms with Crippen LogP contribution in [0.1, 0.15) is 25.7 Å². The lowest BCUT2D eigenvalue weighted by Crippen LogP contribution is -2.17. The molecule has 0 heterocycles. The summed E-state index contributed by atoms with van der Waals surface area (Å²) in [5.41, 5.74) is 0. The van der Waals surface area contributed by atoms with Gasteiger partial charge in [-0.15, -0.1) is 0 Å². The molecule has 12 heavy (non-hydrogen) atoms. The Morgan fingerprint density at radius 3 is 2.42 bits per heavy atom. The van der Waals surface area contributed by atoms with E-state index in [0.717, 1.165) is 25.7 Å². The minimum atomic E-state index is 0.168. The van der Waals surface area contributed by atoms with Gasteiger partial charge in [-0.25, -0.2) is 0 Å². The fourth-order valence-corrected chi connectivity index (χ4v) is 1.76. The van der Waals surface area contributed by atoms with Gasteiger partial charge < -0.3 is 5.21 Å². The van der Waals surface area contributed by atoms with Crippen molar-refractivity contribution >= 4 is 16.8 Å². The summed E-state index contributed by atoms with van der Waals surface area (Å²) in [6.45, 7) is 0. The molecule has 0 atom stereocenters. The summed E-state index contributed by atoms with van der Waals surface area (Å²) in [5, 5.41) is 20.3. The lowest BCUT2D eigenvalue weighted by molar-refractivity contribution is 0.308. The van der Waals surface area contributed by atoms with E-state index < -0.39 is 0 Å². The largest absolute Gasteiger partial charge is 0.410 e. The standard InChI is InChI=1S/C8H11ClN2O/c9-8(11-12)7-3-1-6(5-10)2-4-7/h6-7,12H,1-4H2/b11-8-. The van der Waals surface area contributed by atoms with Gasteiger partial charge in [-0.1, -0.05) is 16.8 Å². The molecule has 1 N–H and O–H groups in total. The molecule has 0 unspecified atom stereocenters. The first kappa shape index (κ1) is 9.34. The molecule has 0 aromatic carbocycles. The maximum atomic E-state index is 8.61. The zero-order chi connectivity index (χ0) is 8.97. The van der Waals surface area contributed by atoms with Gasteiger partial charge in [-0.2, -0.15) is 5.26 Å². The predicted molar refractivity (Wildman–Crippen MR) is 46.1 cm³/mol. The van der Waals surface area contributed by atoms with Crippen LogP contribution in [-0.2, 0) is 0 Å². The van der Waals surface area contributed by atoms with Crippen LogP contribution < -0.4 is 0 Å². The summed E-state index contributed by atoms with van der Waals surface area (Å²) >= 11 is 5.65. The Kier molecular flexibility index (Phi) is 3.36. The Morgan fingerprint density at radius 2 is 2.00 bits per heavy atom. The van der Waals surface area contributed by atoms with Crippen molar-refractivity contribution < 1.29 is 5.21 Å². The second-order valence-corrected chi connectivity index (χ2v) is 3.49. The van der Waals surface area contributed by atoms with E-state index in [1.54, 1.807) is 0 Å². The Bertz CT molecular complexity index is 214. The molecular weight excluding hydrogens is 176 g/mol. The molecule has 0 amide bonds. The Balaban J connectivity index is 2.42. The molecule has 0 bridgehead atoms. The highest BCUT2D eigenvalue weighted by Gasteiger charge is 2.23. The van der Waals surface area contributed by atoms with Gasteiger partial charge >= 0.3 is 0 Å². The zero-order valence-corrected chi connectivity index (χ0v) is 7.46. The molecule has 0 spiro atoms. The number of nitriles is 1. The molecule has 0 aromatic heterocycles. The summed E-state index contributed by atoms with van der Waals surface area (Å²) in [6, 6.07) is 2.24. The van der Waals surface area contributed by atoms with E-state index in [4.69, 9.17) is 22.1 Å². The van der Waals surface area contributed by atoms with Crippen molar-refractivity contribution in [1.82, 2.24) is 0 Å². The molecule has 0 aliphatic heterocycles. The summed E-state index contributed by atoms with van der Waals surface area (Å²) in [5.74, 6) is 0.339. The molecule has 1 saturated carbocycles. The van der Waals surface area contributed by atoms with Crippen molar-refractivity contribution in [3.63, 3.8) is 0 Å². The number of oxime groups is 1. The van der Waals surface area contributed by atoms with E-state index in [2.05, 4.69) is 11.2 Å². The third-order valence-electron chi connectivity index (χ3n) is 2.34. The van der Waals surface area contributed by atoms with Gasteiger partial charge in [0.25, 0.3) is 0 Å². The monoisotopic (exact) mass is 186 g/mol. The second kappa shape index (κ2) is 4.32. The van der Waals surface area contributed by atoms with Crippen molar-refractivity contribution in [2.24, 2.45) is 17.0 Å². The molecule has 0 saturated heterocycles. The Labute approximate surface area is 76.6 Å². The molecule has 1 aliphatic rings. The molecule has 0 aromatic rings. The van der Waals surface area contributed by atoms with Crippen LogP contribution in [0.4, 0.5) is 0 Å². The van der Waals surface area contributed by atoms with E-state index >= 15 is 0 Å². The average molecular weight is 187 g/mol. The Morgan fingerprint density at radius 1 is 1.42 bits per heavy atom. The summed E-state index contributed by atoms with van der Waals surface area (Å²) in [7, 11) is 0. The SMILES string of the molecule is N#CC1CCC(/C(Cl)=N/O)CC1. The lowest BCUT2D eigenvalue weighted by Gasteiger charge is -2.22. The van der Waals surface area contributed by atoms with Crippen LogP contribution in [0.5, 0.6) is 0 Å². The number of rotatable bonds is 1. The van der Waals surface area contributed by atoms with E-state index in [1.807, 2.05) is 0 Å². The third-order valence-corrected chi connectivity index (χ3v) is 2.73. The van der Waals surface area contributed by atoms with E-state index in [9.17, 15) is 0 Å². The summed E-state index contributed by atoms with van der Waals surface area (Å²) in [6.07, 6.45) is 3.46. The van der Waals surface area contributed by atoms with Crippen LogP contribution in [-0.4, -0.2) is 10.4 Å². The molecule has 3 nitrogen and oxygen atoms in total. The fourth-order valence-electron chi connectivity index (χ4n) is 1.54. The average Bonchev–Trinajstić information content (AvgIpc) is 2.17. The third kappa shape index (κ3) is 2.12. The number of hydrogen-bond acceptors (Lipinski definition) is 3. The van der Waals surface area contributed by atoms with Crippen molar-refractivity contribution in [3.05, 3.63) is 0 Å². The molecule has 66 valence electrons. The maximum absolute atomic E-state index is 8.61. The quantitative estimate of drug-likeness (QED) is 0.388. The first-order chi connectivity index (χ1) is 5.77. The summed E-state index contributed by atoms with van der Waals surface area (Å²) < 4.78 is 0. The van der Waals surface area contributed by atoms with Crippen LogP contribution >= 0.6 is 11.6 Å². The second-order valence-electron chi connectivity index (χ2n) is 3.10. The number of halogens is 1. The normalized spacial score (nSPS) is 31.2. The highest BCUT2D eigenvalue weighted by molar-refractivity contribution is 6.65. The van der Waals surface area contributed by atoms with Gasteiger partial charge in [0, 0.05) is 11.8 Å². The van der Waals surface area contributed by atoms with Crippen LogP contribution in [0.25, 0.3) is 0 Å². The van der Waals surface area contributed by atoms with E-state index in [1.165, 1.54) is 0 Å². The van der Waals surface area contributed by atoms with Gasteiger partial charge in [0.15, 0.2) is 0 Å². The topological polar surface area (TPSA) is 56.4 Å². The maximum Gasteiger partial charge on any atom is 0.148 e. The van der Waals surface area contributed by atoms with Crippen LogP contribution in [0.2, 0.25) is 0 Å². The van der Waals surface area contributed by atoms with Crippen LogP contribution in [0.15, 0.2) is 5.16 Å². The first-order valence-electron chi connectivity index (χ1n) is 4.05. The number of nitrogens with zero attached hydrogens (tertiary/aromatic N) is 2. The lowest BCUT2D eigenvalue weighted by atomic mass is 9.83. The van der Waals surface area contributed by atoms with Crippen molar-refractivity contribution in [2.45, 2.75) is 25.7 Å².